The molecule has 1 N–H and O–H groups in total. The molecule has 0 spiro atoms. The van der Waals surface area contributed by atoms with Gasteiger partial charge >= 0.3 is 5.76 Å². The average Bonchev–Trinajstić information content (AvgIpc) is 2.79. The number of benzene rings is 1. The van der Waals surface area contributed by atoms with Crippen molar-refractivity contribution in [2.24, 2.45) is 0 Å². The minimum absolute atomic E-state index is 0.0548. The average molecular weight is 278 g/mol. The van der Waals surface area contributed by atoms with Crippen LogP contribution in [0.2, 0.25) is 0 Å². The first-order chi connectivity index (χ1) is 9.63. The molecule has 0 radical (unpaired) electrons. The lowest BCUT2D eigenvalue weighted by Gasteiger charge is -2.11. The number of aromatic nitrogens is 2. The zero-order valence-corrected chi connectivity index (χ0v) is 11.6. The second kappa shape index (κ2) is 6.38. The summed E-state index contributed by atoms with van der Waals surface area (Å²) < 4.78 is 11.2. The van der Waals surface area contributed by atoms with Crippen molar-refractivity contribution in [1.82, 2.24) is 9.78 Å². The topological polar surface area (TPSA) is 77.5 Å². The van der Waals surface area contributed by atoms with Crippen LogP contribution in [0.3, 0.4) is 0 Å². The summed E-state index contributed by atoms with van der Waals surface area (Å²) in [7, 11) is 1.56. The van der Waals surface area contributed by atoms with E-state index in [4.69, 9.17) is 9.15 Å². The van der Waals surface area contributed by atoms with E-state index in [1.54, 1.807) is 31.4 Å². The highest BCUT2D eigenvalue weighted by atomic mass is 16.5. The summed E-state index contributed by atoms with van der Waals surface area (Å²) >= 11 is 0. The highest BCUT2D eigenvalue weighted by Crippen LogP contribution is 2.19. The number of methoxy groups -OCH3 is 1. The Labute approximate surface area is 116 Å². The molecule has 1 atom stereocenters. The second-order valence-electron chi connectivity index (χ2n) is 4.49. The van der Waals surface area contributed by atoms with Gasteiger partial charge in [0.1, 0.15) is 5.75 Å². The molecule has 0 aliphatic rings. The molecule has 0 saturated carbocycles. The zero-order valence-electron chi connectivity index (χ0n) is 11.6. The monoisotopic (exact) mass is 278 g/mol. The van der Waals surface area contributed by atoms with E-state index < -0.39 is 11.9 Å². The summed E-state index contributed by atoms with van der Waals surface area (Å²) in [4.78, 5) is 11.6. The van der Waals surface area contributed by atoms with E-state index in [9.17, 15) is 9.90 Å². The van der Waals surface area contributed by atoms with Crippen LogP contribution in [-0.2, 0) is 13.0 Å². The van der Waals surface area contributed by atoms with Crippen LogP contribution in [0.4, 0.5) is 0 Å². The summed E-state index contributed by atoms with van der Waals surface area (Å²) in [6.45, 7) is 2.03. The third-order valence-electron chi connectivity index (χ3n) is 2.94. The van der Waals surface area contributed by atoms with E-state index in [2.05, 4.69) is 5.10 Å². The standard InChI is InChI=1S/C14H18N2O4/c1-3-5-13-15-16(14(18)20-13)9-12(17)10-6-4-7-11(8-10)19-2/h4,6-8,12,17H,3,5,9H2,1-2H3. The van der Waals surface area contributed by atoms with E-state index >= 15 is 0 Å². The van der Waals surface area contributed by atoms with E-state index in [0.29, 0.717) is 23.6 Å². The number of aliphatic hydroxyl groups excluding tert-OH is 1. The van der Waals surface area contributed by atoms with Crippen molar-refractivity contribution in [3.63, 3.8) is 0 Å². The molecule has 2 rings (SSSR count). The lowest BCUT2D eigenvalue weighted by molar-refractivity contribution is 0.148. The van der Waals surface area contributed by atoms with Crippen molar-refractivity contribution < 1.29 is 14.3 Å². The maximum atomic E-state index is 11.6. The molecule has 0 fully saturated rings. The number of aliphatic hydroxyl groups is 1. The summed E-state index contributed by atoms with van der Waals surface area (Å²) in [5.41, 5.74) is 0.663. The third-order valence-corrected chi connectivity index (χ3v) is 2.94. The van der Waals surface area contributed by atoms with Crippen molar-refractivity contribution >= 4 is 0 Å². The van der Waals surface area contributed by atoms with Gasteiger partial charge in [-0.25, -0.2) is 4.79 Å². The number of hydrogen-bond acceptors (Lipinski definition) is 5. The van der Waals surface area contributed by atoms with Crippen molar-refractivity contribution in [3.8, 4) is 5.75 Å². The van der Waals surface area contributed by atoms with Crippen LogP contribution in [0.1, 0.15) is 30.9 Å². The first kappa shape index (κ1) is 14.3. The van der Waals surface area contributed by atoms with E-state index in [1.807, 2.05) is 6.92 Å². The van der Waals surface area contributed by atoms with Gasteiger partial charge in [-0.05, 0) is 24.1 Å². The number of ether oxygens (including phenoxy) is 1. The van der Waals surface area contributed by atoms with E-state index in [-0.39, 0.29) is 6.54 Å². The van der Waals surface area contributed by atoms with E-state index in [0.717, 1.165) is 11.1 Å². The molecule has 20 heavy (non-hydrogen) atoms. The van der Waals surface area contributed by atoms with Gasteiger partial charge in [0.15, 0.2) is 0 Å². The Kier molecular flexibility index (Phi) is 4.57. The fraction of sp³-hybridized carbons (Fsp3) is 0.429. The fourth-order valence-corrected chi connectivity index (χ4v) is 1.90. The molecule has 1 unspecified atom stereocenters. The molecule has 0 saturated heterocycles. The predicted molar refractivity (Wildman–Crippen MR) is 72.7 cm³/mol. The van der Waals surface area contributed by atoms with Crippen LogP contribution in [-0.4, -0.2) is 22.0 Å². The number of hydrogen-bond donors (Lipinski definition) is 1. The van der Waals surface area contributed by atoms with Gasteiger partial charge in [-0.1, -0.05) is 19.1 Å². The summed E-state index contributed by atoms with van der Waals surface area (Å²) in [6.07, 6.45) is 0.609. The van der Waals surface area contributed by atoms with Gasteiger partial charge in [-0.2, -0.15) is 4.68 Å². The Morgan fingerprint density at radius 1 is 1.50 bits per heavy atom. The Morgan fingerprint density at radius 2 is 2.30 bits per heavy atom. The molecular formula is C14H18N2O4. The SMILES string of the molecule is CCCc1nn(CC(O)c2cccc(OC)c2)c(=O)o1. The largest absolute Gasteiger partial charge is 0.497 e. The lowest BCUT2D eigenvalue weighted by atomic mass is 10.1. The quantitative estimate of drug-likeness (QED) is 0.867. The van der Waals surface area contributed by atoms with Crippen molar-refractivity contribution in [1.29, 1.82) is 0 Å². The lowest BCUT2D eigenvalue weighted by Crippen LogP contribution is -2.20. The van der Waals surface area contributed by atoms with E-state index in [1.165, 1.54) is 0 Å². The van der Waals surface area contributed by atoms with Crippen LogP contribution in [0, 0.1) is 0 Å². The van der Waals surface area contributed by atoms with Gasteiger partial charge in [-0.15, -0.1) is 5.10 Å². The number of nitrogens with zero attached hydrogens (tertiary/aromatic N) is 2. The molecule has 0 aliphatic heterocycles. The molecular weight excluding hydrogens is 260 g/mol. The summed E-state index contributed by atoms with van der Waals surface area (Å²) in [5.74, 6) is 0.506. The number of aryl methyl sites for hydroxylation is 1. The van der Waals surface area contributed by atoms with Gasteiger partial charge in [0.2, 0.25) is 5.89 Å². The number of rotatable bonds is 6. The zero-order chi connectivity index (χ0) is 14.5. The Hall–Kier alpha value is -2.08. The van der Waals surface area contributed by atoms with Gasteiger partial charge < -0.3 is 14.3 Å². The molecule has 2 aromatic rings. The Morgan fingerprint density at radius 3 is 3.00 bits per heavy atom. The first-order valence-electron chi connectivity index (χ1n) is 6.53. The molecule has 1 aromatic carbocycles. The highest BCUT2D eigenvalue weighted by Gasteiger charge is 2.14. The predicted octanol–water partition coefficient (Wildman–Crippen LogP) is 1.53. The smallest absolute Gasteiger partial charge is 0.437 e. The van der Waals surface area contributed by atoms with Gasteiger partial charge in [0, 0.05) is 6.42 Å². The van der Waals surface area contributed by atoms with Crippen molar-refractivity contribution in [2.75, 3.05) is 7.11 Å². The summed E-state index contributed by atoms with van der Waals surface area (Å²) in [5, 5.41) is 14.2. The van der Waals surface area contributed by atoms with Crippen LogP contribution in [0.25, 0.3) is 0 Å². The molecule has 108 valence electrons. The minimum Gasteiger partial charge on any atom is -0.497 e. The van der Waals surface area contributed by atoms with Crippen LogP contribution in [0.15, 0.2) is 33.5 Å². The third kappa shape index (κ3) is 3.27. The van der Waals surface area contributed by atoms with Gasteiger partial charge in [0.05, 0.1) is 19.8 Å². The van der Waals surface area contributed by atoms with Crippen molar-refractivity contribution in [3.05, 3.63) is 46.3 Å². The van der Waals surface area contributed by atoms with Crippen molar-refractivity contribution in [2.45, 2.75) is 32.4 Å². The second-order valence-corrected chi connectivity index (χ2v) is 4.49. The molecule has 0 amide bonds. The normalized spacial score (nSPS) is 12.3. The van der Waals surface area contributed by atoms with Gasteiger partial charge in [0.25, 0.3) is 0 Å². The summed E-state index contributed by atoms with van der Waals surface area (Å²) in [6, 6.07) is 7.07. The maximum absolute atomic E-state index is 11.6. The molecule has 1 aromatic heterocycles. The molecule has 0 bridgehead atoms. The molecule has 6 nitrogen and oxygen atoms in total. The Balaban J connectivity index is 2.14. The first-order valence-corrected chi connectivity index (χ1v) is 6.53. The molecule has 6 heteroatoms. The minimum atomic E-state index is -0.845. The van der Waals surface area contributed by atoms with Crippen LogP contribution < -0.4 is 10.5 Å². The van der Waals surface area contributed by atoms with Crippen LogP contribution >= 0.6 is 0 Å². The maximum Gasteiger partial charge on any atom is 0.437 e. The Bertz CT molecular complexity index is 618. The molecule has 0 aliphatic carbocycles. The van der Waals surface area contributed by atoms with Gasteiger partial charge in [-0.3, -0.25) is 0 Å². The molecule has 1 heterocycles. The highest BCUT2D eigenvalue weighted by molar-refractivity contribution is 5.29. The van der Waals surface area contributed by atoms with Crippen LogP contribution in [0.5, 0.6) is 5.75 Å². The fourth-order valence-electron chi connectivity index (χ4n) is 1.90.